The fourth-order valence-corrected chi connectivity index (χ4v) is 4.18. The molecule has 0 radical (unpaired) electrons. The molecule has 1 unspecified atom stereocenters. The van der Waals surface area contributed by atoms with E-state index < -0.39 is 22.0 Å². The zero-order valence-corrected chi connectivity index (χ0v) is 13.0. The van der Waals surface area contributed by atoms with Gasteiger partial charge in [-0.2, -0.15) is 9.40 Å². The number of ether oxygens (including phenoxy) is 1. The fraction of sp³-hybridized carbons (Fsp3) is 0.667. The van der Waals surface area contributed by atoms with Gasteiger partial charge in [-0.25, -0.2) is 8.42 Å². The summed E-state index contributed by atoms with van der Waals surface area (Å²) in [4.78, 5) is 11.8. The first kappa shape index (κ1) is 15.8. The Kier molecular flexibility index (Phi) is 4.52. The largest absolute Gasteiger partial charge is 0.468 e. The molecule has 0 aromatic carbocycles. The second kappa shape index (κ2) is 6.02. The van der Waals surface area contributed by atoms with Gasteiger partial charge in [0.25, 0.3) is 0 Å². The molecule has 0 aliphatic carbocycles. The number of sulfonamides is 1. The van der Waals surface area contributed by atoms with Gasteiger partial charge in [0, 0.05) is 19.3 Å². The molecule has 1 aliphatic rings. The number of nitrogens with zero attached hydrogens (tertiary/aromatic N) is 3. The number of hydrogen-bond acceptors (Lipinski definition) is 6. The molecule has 2 N–H and O–H groups in total. The smallest absolute Gasteiger partial charge is 0.324 e. The van der Waals surface area contributed by atoms with Crippen LogP contribution in [0.1, 0.15) is 26.2 Å². The topological polar surface area (TPSA) is 108 Å². The van der Waals surface area contributed by atoms with Crippen LogP contribution >= 0.6 is 0 Å². The van der Waals surface area contributed by atoms with Crippen LogP contribution in [0.25, 0.3) is 0 Å². The van der Waals surface area contributed by atoms with Crippen molar-refractivity contribution in [1.82, 2.24) is 14.1 Å². The highest BCUT2D eigenvalue weighted by molar-refractivity contribution is 7.89. The minimum atomic E-state index is -3.86. The Hall–Kier alpha value is -1.61. The van der Waals surface area contributed by atoms with E-state index in [9.17, 15) is 13.2 Å². The monoisotopic (exact) mass is 316 g/mol. The lowest BCUT2D eigenvalue weighted by molar-refractivity contribution is -0.146. The van der Waals surface area contributed by atoms with E-state index in [2.05, 4.69) is 5.10 Å². The minimum absolute atomic E-state index is 0.0500. The third-order valence-corrected chi connectivity index (χ3v) is 5.52. The first-order chi connectivity index (χ1) is 9.91. The molecule has 0 amide bonds. The zero-order valence-electron chi connectivity index (χ0n) is 12.2. The van der Waals surface area contributed by atoms with E-state index in [0.717, 1.165) is 6.42 Å². The van der Waals surface area contributed by atoms with Crippen molar-refractivity contribution in [3.8, 4) is 0 Å². The maximum absolute atomic E-state index is 12.8. The molecular weight excluding hydrogens is 296 g/mol. The third-order valence-electron chi connectivity index (χ3n) is 3.59. The number of piperidine rings is 1. The van der Waals surface area contributed by atoms with Gasteiger partial charge in [-0.15, -0.1) is 0 Å². The van der Waals surface area contributed by atoms with Gasteiger partial charge in [-0.05, 0) is 26.2 Å². The van der Waals surface area contributed by atoms with Crippen molar-refractivity contribution in [3.05, 3.63) is 6.20 Å². The van der Waals surface area contributed by atoms with E-state index in [0.29, 0.717) is 19.4 Å². The number of nitrogens with two attached hydrogens (primary N) is 1. The van der Waals surface area contributed by atoms with Crippen molar-refractivity contribution < 1.29 is 17.9 Å². The third kappa shape index (κ3) is 2.88. The van der Waals surface area contributed by atoms with Crippen molar-refractivity contribution in [2.75, 3.05) is 19.4 Å². The van der Waals surface area contributed by atoms with Gasteiger partial charge in [-0.1, -0.05) is 0 Å². The molecule has 1 saturated heterocycles. The van der Waals surface area contributed by atoms with Crippen molar-refractivity contribution in [2.24, 2.45) is 0 Å². The molecule has 9 heteroatoms. The molecule has 21 heavy (non-hydrogen) atoms. The van der Waals surface area contributed by atoms with Gasteiger partial charge in [0.1, 0.15) is 10.9 Å². The Morgan fingerprint density at radius 3 is 2.81 bits per heavy atom. The highest BCUT2D eigenvalue weighted by Crippen LogP contribution is 2.28. The highest BCUT2D eigenvalue weighted by atomic mass is 32.2. The summed E-state index contributed by atoms with van der Waals surface area (Å²) >= 11 is 0. The molecule has 1 fully saturated rings. The quantitative estimate of drug-likeness (QED) is 0.795. The molecule has 1 aliphatic heterocycles. The Morgan fingerprint density at radius 1 is 1.52 bits per heavy atom. The van der Waals surface area contributed by atoms with Gasteiger partial charge in [0.05, 0.1) is 7.11 Å². The maximum atomic E-state index is 12.8. The predicted molar refractivity (Wildman–Crippen MR) is 75.9 cm³/mol. The number of carbonyl (C=O) groups excluding carboxylic acids is 1. The van der Waals surface area contributed by atoms with Crippen LogP contribution in [0.5, 0.6) is 0 Å². The lowest BCUT2D eigenvalue weighted by Crippen LogP contribution is -2.48. The fourth-order valence-electron chi connectivity index (χ4n) is 2.47. The van der Waals surface area contributed by atoms with E-state index in [1.165, 1.54) is 22.3 Å². The number of anilines is 1. The lowest BCUT2D eigenvalue weighted by Gasteiger charge is -2.32. The molecule has 8 nitrogen and oxygen atoms in total. The number of methoxy groups -OCH3 is 1. The van der Waals surface area contributed by atoms with E-state index in [-0.39, 0.29) is 17.3 Å². The van der Waals surface area contributed by atoms with Crippen LogP contribution in [0.3, 0.4) is 0 Å². The number of aryl methyl sites for hydroxylation is 1. The zero-order chi connectivity index (χ0) is 15.6. The number of hydrogen-bond donors (Lipinski definition) is 1. The SMILES string of the molecule is CCn1cc(S(=O)(=O)N2CCCCC2C(=O)OC)c(N)n1. The predicted octanol–water partition coefficient (Wildman–Crippen LogP) is 0.201. The van der Waals surface area contributed by atoms with E-state index in [1.54, 1.807) is 0 Å². The molecule has 2 rings (SSSR count). The Morgan fingerprint density at radius 2 is 2.24 bits per heavy atom. The summed E-state index contributed by atoms with van der Waals surface area (Å²) in [7, 11) is -2.61. The van der Waals surface area contributed by atoms with Crippen molar-refractivity contribution in [1.29, 1.82) is 0 Å². The van der Waals surface area contributed by atoms with Crippen LogP contribution in [0.2, 0.25) is 0 Å². The van der Waals surface area contributed by atoms with Gasteiger partial charge in [0.2, 0.25) is 10.0 Å². The first-order valence-corrected chi connectivity index (χ1v) is 8.28. The normalized spacial score (nSPS) is 20.4. The van der Waals surface area contributed by atoms with E-state index in [4.69, 9.17) is 10.5 Å². The maximum Gasteiger partial charge on any atom is 0.324 e. The lowest BCUT2D eigenvalue weighted by atomic mass is 10.1. The van der Waals surface area contributed by atoms with Crippen LogP contribution < -0.4 is 5.73 Å². The number of nitrogen functional groups attached to an aromatic ring is 1. The molecule has 0 spiro atoms. The van der Waals surface area contributed by atoms with Crippen molar-refractivity contribution >= 4 is 21.8 Å². The van der Waals surface area contributed by atoms with E-state index in [1.807, 2.05) is 6.92 Å². The average Bonchev–Trinajstić information content (AvgIpc) is 2.88. The van der Waals surface area contributed by atoms with Crippen LogP contribution in [0, 0.1) is 0 Å². The summed E-state index contributed by atoms with van der Waals surface area (Å²) in [6.07, 6.45) is 3.34. The number of carbonyl (C=O) groups is 1. The Balaban J connectivity index is 2.40. The van der Waals surface area contributed by atoms with Crippen LogP contribution in [-0.2, 0) is 26.1 Å². The molecule has 0 saturated carbocycles. The Labute approximate surface area is 123 Å². The van der Waals surface area contributed by atoms with E-state index >= 15 is 0 Å². The summed E-state index contributed by atoms with van der Waals surface area (Å²) in [5, 5.41) is 3.95. The summed E-state index contributed by atoms with van der Waals surface area (Å²) in [6, 6.07) is -0.793. The molecule has 118 valence electrons. The van der Waals surface area contributed by atoms with Gasteiger partial charge in [0.15, 0.2) is 5.82 Å². The summed E-state index contributed by atoms with van der Waals surface area (Å²) in [5.41, 5.74) is 5.71. The summed E-state index contributed by atoms with van der Waals surface area (Å²) in [5.74, 6) is -0.592. The van der Waals surface area contributed by atoms with Gasteiger partial charge >= 0.3 is 5.97 Å². The number of aromatic nitrogens is 2. The number of esters is 1. The molecule has 0 bridgehead atoms. The van der Waals surface area contributed by atoms with Gasteiger partial charge in [-0.3, -0.25) is 9.48 Å². The summed E-state index contributed by atoms with van der Waals surface area (Å²) in [6.45, 7) is 2.62. The molecule has 1 aromatic rings. The summed E-state index contributed by atoms with van der Waals surface area (Å²) < 4.78 is 32.9. The average molecular weight is 316 g/mol. The Bertz CT molecular complexity index is 625. The van der Waals surface area contributed by atoms with Crippen molar-refractivity contribution in [3.63, 3.8) is 0 Å². The molecule has 1 atom stereocenters. The van der Waals surface area contributed by atoms with Gasteiger partial charge < -0.3 is 10.5 Å². The first-order valence-electron chi connectivity index (χ1n) is 6.84. The van der Waals surface area contributed by atoms with Crippen LogP contribution in [0.4, 0.5) is 5.82 Å². The second-order valence-electron chi connectivity index (χ2n) is 4.88. The van der Waals surface area contributed by atoms with Crippen LogP contribution in [0.15, 0.2) is 11.1 Å². The number of rotatable bonds is 4. The molecule has 1 aromatic heterocycles. The second-order valence-corrected chi connectivity index (χ2v) is 6.74. The molecular formula is C12H20N4O4S. The van der Waals surface area contributed by atoms with Crippen LogP contribution in [-0.4, -0.2) is 48.2 Å². The molecule has 2 heterocycles. The standard InChI is InChI=1S/C12H20N4O4S/c1-3-15-8-10(11(13)14-15)21(18,19)16-7-5-4-6-9(16)12(17)20-2/h8-9H,3-7H2,1-2H3,(H2,13,14). The van der Waals surface area contributed by atoms with Crippen molar-refractivity contribution in [2.45, 2.75) is 43.7 Å². The highest BCUT2D eigenvalue weighted by Gasteiger charge is 2.39. The minimum Gasteiger partial charge on any atom is -0.468 e.